The summed E-state index contributed by atoms with van der Waals surface area (Å²) >= 11 is 0. The number of nitrogen functional groups attached to an aromatic ring is 1. The van der Waals surface area contributed by atoms with Gasteiger partial charge in [0.05, 0.1) is 6.10 Å². The van der Waals surface area contributed by atoms with Crippen LogP contribution in [0.1, 0.15) is 16.7 Å². The van der Waals surface area contributed by atoms with Crippen molar-refractivity contribution in [1.82, 2.24) is 4.90 Å². The zero-order valence-corrected chi connectivity index (χ0v) is 14.9. The van der Waals surface area contributed by atoms with E-state index in [-0.39, 0.29) is 12.1 Å². The average molecular weight is 337 g/mol. The number of rotatable bonds is 2. The number of benzene rings is 2. The molecule has 4 nitrogen and oxygen atoms in total. The fourth-order valence-electron chi connectivity index (χ4n) is 4.31. The van der Waals surface area contributed by atoms with Gasteiger partial charge in [0.1, 0.15) is 0 Å². The predicted molar refractivity (Wildman–Crippen MR) is 103 cm³/mol. The first-order valence-corrected chi connectivity index (χ1v) is 9.22. The molecule has 2 aromatic rings. The number of fused-ring (bicyclic) bond motifs is 1. The summed E-state index contributed by atoms with van der Waals surface area (Å²) in [6, 6.07) is 15.0. The molecule has 25 heavy (non-hydrogen) atoms. The highest BCUT2D eigenvalue weighted by atomic mass is 16.3. The molecule has 3 N–H and O–H groups in total. The minimum Gasteiger partial charge on any atom is -0.398 e. The first-order valence-electron chi connectivity index (χ1n) is 9.22. The van der Waals surface area contributed by atoms with E-state index in [2.05, 4.69) is 47.1 Å². The number of hydrogen-bond donors (Lipinski definition) is 2. The predicted octanol–water partition coefficient (Wildman–Crippen LogP) is 2.23. The molecule has 0 bridgehead atoms. The van der Waals surface area contributed by atoms with Crippen LogP contribution in [0.3, 0.4) is 0 Å². The summed E-state index contributed by atoms with van der Waals surface area (Å²) in [5.74, 6) is 0. The maximum atomic E-state index is 10.7. The maximum absolute atomic E-state index is 10.7. The van der Waals surface area contributed by atoms with Crippen molar-refractivity contribution >= 4 is 11.4 Å². The summed E-state index contributed by atoms with van der Waals surface area (Å²) in [6.07, 6.45) is 1.24. The molecule has 4 heteroatoms. The molecule has 0 radical (unpaired) electrons. The molecule has 1 heterocycles. The van der Waals surface area contributed by atoms with Gasteiger partial charge >= 0.3 is 0 Å². The molecule has 1 aliphatic carbocycles. The summed E-state index contributed by atoms with van der Waals surface area (Å²) < 4.78 is 0. The van der Waals surface area contributed by atoms with Crippen LogP contribution in [0.15, 0.2) is 42.5 Å². The quantitative estimate of drug-likeness (QED) is 0.825. The van der Waals surface area contributed by atoms with E-state index < -0.39 is 0 Å². The molecule has 0 spiro atoms. The van der Waals surface area contributed by atoms with E-state index in [9.17, 15) is 5.11 Å². The molecule has 1 aliphatic heterocycles. The fourth-order valence-corrected chi connectivity index (χ4v) is 4.31. The van der Waals surface area contributed by atoms with Gasteiger partial charge < -0.3 is 15.7 Å². The zero-order valence-electron chi connectivity index (χ0n) is 14.9. The molecule has 2 aliphatic rings. The van der Waals surface area contributed by atoms with Gasteiger partial charge in [0, 0.05) is 50.0 Å². The molecule has 1 fully saturated rings. The standard InChI is InChI=1S/C21H27N3O/c1-15-4-2-6-17(12-15)23-8-10-24(11-9-23)20-13-16-5-3-7-19(22)18(16)14-21(20)25/h2-7,12,20-21,25H,8-11,13-14,22H2,1H3/t20-,21-/m0/s1. The summed E-state index contributed by atoms with van der Waals surface area (Å²) in [5.41, 5.74) is 12.0. The van der Waals surface area contributed by atoms with Crippen LogP contribution < -0.4 is 10.6 Å². The summed E-state index contributed by atoms with van der Waals surface area (Å²) in [5, 5.41) is 10.7. The van der Waals surface area contributed by atoms with Crippen LogP contribution >= 0.6 is 0 Å². The lowest BCUT2D eigenvalue weighted by atomic mass is 9.84. The van der Waals surface area contributed by atoms with Crippen LogP contribution in [0.2, 0.25) is 0 Å². The number of nitrogens with zero attached hydrogens (tertiary/aromatic N) is 2. The lowest BCUT2D eigenvalue weighted by Crippen LogP contribution is -2.56. The van der Waals surface area contributed by atoms with Crippen LogP contribution in [0, 0.1) is 6.92 Å². The van der Waals surface area contributed by atoms with Gasteiger partial charge in [0.15, 0.2) is 0 Å². The Kier molecular flexibility index (Phi) is 4.40. The number of aryl methyl sites for hydroxylation is 1. The second-order valence-electron chi connectivity index (χ2n) is 7.39. The van der Waals surface area contributed by atoms with Crippen molar-refractivity contribution in [2.24, 2.45) is 0 Å². The van der Waals surface area contributed by atoms with E-state index in [0.29, 0.717) is 6.42 Å². The molecule has 0 amide bonds. The van der Waals surface area contributed by atoms with Crippen LogP contribution in [0.25, 0.3) is 0 Å². The van der Waals surface area contributed by atoms with Gasteiger partial charge in [0.25, 0.3) is 0 Å². The summed E-state index contributed by atoms with van der Waals surface area (Å²) in [6.45, 7) is 6.15. The number of aliphatic hydroxyl groups is 1. The second-order valence-corrected chi connectivity index (χ2v) is 7.39. The highest BCUT2D eigenvalue weighted by molar-refractivity contribution is 5.53. The van der Waals surface area contributed by atoms with Crippen LogP contribution in [0.4, 0.5) is 11.4 Å². The Labute approximate surface area is 149 Å². The maximum Gasteiger partial charge on any atom is 0.0739 e. The van der Waals surface area contributed by atoms with Gasteiger partial charge in [-0.2, -0.15) is 0 Å². The average Bonchev–Trinajstić information content (AvgIpc) is 2.62. The molecule has 4 rings (SSSR count). The topological polar surface area (TPSA) is 52.7 Å². The minimum absolute atomic E-state index is 0.203. The van der Waals surface area contributed by atoms with Crippen molar-refractivity contribution in [3.05, 3.63) is 59.2 Å². The van der Waals surface area contributed by atoms with Gasteiger partial charge in [-0.15, -0.1) is 0 Å². The van der Waals surface area contributed by atoms with E-state index in [4.69, 9.17) is 5.73 Å². The van der Waals surface area contributed by atoms with E-state index >= 15 is 0 Å². The second kappa shape index (κ2) is 6.70. The van der Waals surface area contributed by atoms with Crippen molar-refractivity contribution in [2.45, 2.75) is 31.9 Å². The van der Waals surface area contributed by atoms with Gasteiger partial charge in [0.2, 0.25) is 0 Å². The Morgan fingerprint density at radius 1 is 1.00 bits per heavy atom. The van der Waals surface area contributed by atoms with Gasteiger partial charge in [-0.3, -0.25) is 4.90 Å². The van der Waals surface area contributed by atoms with Crippen molar-refractivity contribution in [3.63, 3.8) is 0 Å². The lowest BCUT2D eigenvalue weighted by Gasteiger charge is -2.43. The monoisotopic (exact) mass is 337 g/mol. The highest BCUT2D eigenvalue weighted by Crippen LogP contribution is 2.30. The first-order chi connectivity index (χ1) is 12.1. The van der Waals surface area contributed by atoms with Crippen LogP contribution in [-0.2, 0) is 12.8 Å². The Morgan fingerprint density at radius 2 is 1.76 bits per heavy atom. The molecule has 2 aromatic carbocycles. The molecule has 2 atom stereocenters. The van der Waals surface area contributed by atoms with E-state index in [1.165, 1.54) is 16.8 Å². The van der Waals surface area contributed by atoms with Crippen molar-refractivity contribution in [2.75, 3.05) is 36.8 Å². The zero-order chi connectivity index (χ0) is 17.4. The third-order valence-electron chi connectivity index (χ3n) is 5.75. The van der Waals surface area contributed by atoms with E-state index in [1.54, 1.807) is 0 Å². The van der Waals surface area contributed by atoms with E-state index in [0.717, 1.165) is 43.9 Å². The molecular weight excluding hydrogens is 310 g/mol. The number of aliphatic hydroxyl groups excluding tert-OH is 1. The SMILES string of the molecule is Cc1cccc(N2CCN([C@H]3Cc4cccc(N)c4C[C@@H]3O)CC2)c1. The summed E-state index contributed by atoms with van der Waals surface area (Å²) in [7, 11) is 0. The third-order valence-corrected chi connectivity index (χ3v) is 5.75. The highest BCUT2D eigenvalue weighted by Gasteiger charge is 2.33. The number of nitrogens with two attached hydrogens (primary N) is 1. The number of piperazine rings is 1. The Bertz CT molecular complexity index is 753. The van der Waals surface area contributed by atoms with Gasteiger partial charge in [-0.25, -0.2) is 0 Å². The van der Waals surface area contributed by atoms with Gasteiger partial charge in [-0.1, -0.05) is 24.3 Å². The van der Waals surface area contributed by atoms with Crippen LogP contribution in [0.5, 0.6) is 0 Å². The summed E-state index contributed by atoms with van der Waals surface area (Å²) in [4.78, 5) is 4.91. The number of anilines is 2. The van der Waals surface area contributed by atoms with E-state index in [1.807, 2.05) is 12.1 Å². The van der Waals surface area contributed by atoms with Crippen molar-refractivity contribution in [3.8, 4) is 0 Å². The first kappa shape index (κ1) is 16.4. The van der Waals surface area contributed by atoms with Crippen molar-refractivity contribution in [1.29, 1.82) is 0 Å². The molecule has 0 unspecified atom stereocenters. The molecule has 0 aromatic heterocycles. The minimum atomic E-state index is -0.331. The molecule has 1 saturated heterocycles. The molecule has 0 saturated carbocycles. The van der Waals surface area contributed by atoms with Crippen LogP contribution in [-0.4, -0.2) is 48.3 Å². The Morgan fingerprint density at radius 3 is 2.52 bits per heavy atom. The number of hydrogen-bond acceptors (Lipinski definition) is 4. The Hall–Kier alpha value is -2.04. The third kappa shape index (κ3) is 3.24. The Balaban J connectivity index is 1.44. The fraction of sp³-hybridized carbons (Fsp3) is 0.429. The van der Waals surface area contributed by atoms with Gasteiger partial charge in [-0.05, 0) is 48.2 Å². The largest absolute Gasteiger partial charge is 0.398 e. The molecular formula is C21H27N3O. The smallest absolute Gasteiger partial charge is 0.0739 e. The van der Waals surface area contributed by atoms with Crippen molar-refractivity contribution < 1.29 is 5.11 Å². The normalized spacial score (nSPS) is 24.2. The lowest BCUT2D eigenvalue weighted by molar-refractivity contribution is 0.0397. The molecule has 132 valence electrons.